The minimum atomic E-state index is -4.40. The Morgan fingerprint density at radius 1 is 1.18 bits per heavy atom. The van der Waals surface area contributed by atoms with E-state index in [1.807, 2.05) is 0 Å². The Labute approximate surface area is 190 Å². The molecule has 0 aliphatic carbocycles. The van der Waals surface area contributed by atoms with Gasteiger partial charge in [-0.25, -0.2) is 9.97 Å². The summed E-state index contributed by atoms with van der Waals surface area (Å²) in [5.74, 6) is 2.10. The second-order valence-corrected chi connectivity index (χ2v) is 8.07. The van der Waals surface area contributed by atoms with Crippen LogP contribution in [-0.4, -0.2) is 36.4 Å². The van der Waals surface area contributed by atoms with Gasteiger partial charge in [-0.1, -0.05) is 12.1 Å². The SMILES string of the molecule is COc1cc2nc(C)nc(N[C@H](C)c3cccc(C(F)(F)F)c3)c2cc1OC[C@@H]1CCCO1. The molecular formula is C24H26F3N3O3. The third-order valence-corrected chi connectivity index (χ3v) is 5.61. The molecule has 6 nitrogen and oxygen atoms in total. The lowest BCUT2D eigenvalue weighted by atomic mass is 10.0. The van der Waals surface area contributed by atoms with Crippen molar-refractivity contribution < 1.29 is 27.4 Å². The largest absolute Gasteiger partial charge is 0.493 e. The predicted molar refractivity (Wildman–Crippen MR) is 119 cm³/mol. The number of aromatic nitrogens is 2. The third-order valence-electron chi connectivity index (χ3n) is 5.61. The van der Waals surface area contributed by atoms with Crippen LogP contribution < -0.4 is 14.8 Å². The zero-order chi connectivity index (χ0) is 23.6. The first-order valence-corrected chi connectivity index (χ1v) is 10.8. The molecule has 3 aromatic rings. The predicted octanol–water partition coefficient (Wildman–Crippen LogP) is 5.70. The van der Waals surface area contributed by atoms with Crippen molar-refractivity contribution in [3.8, 4) is 11.5 Å². The summed E-state index contributed by atoms with van der Waals surface area (Å²) in [7, 11) is 1.56. The normalized spacial score (nSPS) is 17.2. The standard InChI is InChI=1S/C24H26F3N3O3/c1-14(16-6-4-7-17(10-16)24(25,26)27)28-23-19-11-22(33-13-18-8-5-9-32-18)21(31-3)12-20(19)29-15(2)30-23/h4,6-7,10-12,14,18H,5,8-9,13H2,1-3H3,(H,28,29,30)/t14-,18+/m1/s1. The molecule has 4 rings (SSSR count). The summed E-state index contributed by atoms with van der Waals surface area (Å²) in [6.07, 6.45) is -2.41. The maximum absolute atomic E-state index is 13.1. The molecule has 0 spiro atoms. The number of hydrogen-bond donors (Lipinski definition) is 1. The molecule has 1 aliphatic rings. The molecule has 0 saturated carbocycles. The fourth-order valence-electron chi connectivity index (χ4n) is 3.87. The molecule has 1 fully saturated rings. The first kappa shape index (κ1) is 23.1. The van der Waals surface area contributed by atoms with Crippen LogP contribution in [0.15, 0.2) is 36.4 Å². The van der Waals surface area contributed by atoms with E-state index in [1.165, 1.54) is 6.07 Å². The van der Waals surface area contributed by atoms with Crippen molar-refractivity contribution >= 4 is 16.7 Å². The highest BCUT2D eigenvalue weighted by atomic mass is 19.4. The number of hydrogen-bond acceptors (Lipinski definition) is 6. The summed E-state index contributed by atoms with van der Waals surface area (Å²) in [5, 5.41) is 3.93. The van der Waals surface area contributed by atoms with Gasteiger partial charge >= 0.3 is 6.18 Å². The lowest BCUT2D eigenvalue weighted by molar-refractivity contribution is -0.137. The van der Waals surface area contributed by atoms with Crippen LogP contribution >= 0.6 is 0 Å². The molecule has 0 amide bonds. The Morgan fingerprint density at radius 2 is 2.00 bits per heavy atom. The van der Waals surface area contributed by atoms with Crippen LogP contribution in [0.5, 0.6) is 11.5 Å². The van der Waals surface area contributed by atoms with Crippen molar-refractivity contribution in [2.75, 3.05) is 25.6 Å². The van der Waals surface area contributed by atoms with Crippen molar-refractivity contribution in [3.05, 3.63) is 53.3 Å². The lowest BCUT2D eigenvalue weighted by Crippen LogP contribution is -2.16. The van der Waals surface area contributed by atoms with E-state index in [-0.39, 0.29) is 6.10 Å². The number of methoxy groups -OCH3 is 1. The van der Waals surface area contributed by atoms with Crippen LogP contribution in [0.25, 0.3) is 10.9 Å². The molecule has 0 unspecified atom stereocenters. The van der Waals surface area contributed by atoms with Crippen LogP contribution in [0.1, 0.15) is 42.8 Å². The van der Waals surface area contributed by atoms with Crippen molar-refractivity contribution in [2.24, 2.45) is 0 Å². The fourth-order valence-corrected chi connectivity index (χ4v) is 3.87. The highest BCUT2D eigenvalue weighted by Gasteiger charge is 2.30. The summed E-state index contributed by atoms with van der Waals surface area (Å²) in [4.78, 5) is 9.00. The second kappa shape index (κ2) is 9.43. The molecule has 1 N–H and O–H groups in total. The Morgan fingerprint density at radius 3 is 2.70 bits per heavy atom. The Bertz CT molecular complexity index is 1130. The van der Waals surface area contributed by atoms with Crippen LogP contribution in [0.3, 0.4) is 0 Å². The van der Waals surface area contributed by atoms with E-state index in [0.717, 1.165) is 31.6 Å². The number of alkyl halides is 3. The summed E-state index contributed by atoms with van der Waals surface area (Å²) in [6, 6.07) is 8.41. The quantitative estimate of drug-likeness (QED) is 0.487. The van der Waals surface area contributed by atoms with Crippen LogP contribution in [0.4, 0.5) is 19.0 Å². The Balaban J connectivity index is 1.65. The summed E-state index contributed by atoms with van der Waals surface area (Å²) < 4.78 is 56.5. The topological polar surface area (TPSA) is 65.5 Å². The van der Waals surface area contributed by atoms with Crippen molar-refractivity contribution in [3.63, 3.8) is 0 Å². The zero-order valence-corrected chi connectivity index (χ0v) is 18.7. The first-order valence-electron chi connectivity index (χ1n) is 10.8. The lowest BCUT2D eigenvalue weighted by Gasteiger charge is -2.19. The molecule has 0 bridgehead atoms. The molecule has 176 valence electrons. The van der Waals surface area contributed by atoms with Crippen molar-refractivity contribution in [2.45, 2.75) is 45.0 Å². The van der Waals surface area contributed by atoms with Gasteiger partial charge in [0.25, 0.3) is 0 Å². The molecule has 1 saturated heterocycles. The van der Waals surface area contributed by atoms with E-state index in [2.05, 4.69) is 15.3 Å². The molecule has 2 heterocycles. The van der Waals surface area contributed by atoms with Crippen molar-refractivity contribution in [1.29, 1.82) is 0 Å². The van der Waals surface area contributed by atoms with Gasteiger partial charge in [-0.2, -0.15) is 13.2 Å². The van der Waals surface area contributed by atoms with E-state index in [0.29, 0.717) is 46.2 Å². The van der Waals surface area contributed by atoms with Gasteiger partial charge in [0.1, 0.15) is 18.2 Å². The number of nitrogens with zero attached hydrogens (tertiary/aromatic N) is 2. The first-order chi connectivity index (χ1) is 15.7. The monoisotopic (exact) mass is 461 g/mol. The summed E-state index contributed by atoms with van der Waals surface area (Å²) in [6.45, 7) is 4.68. The minimum absolute atomic E-state index is 0.0400. The number of nitrogens with one attached hydrogen (secondary N) is 1. The smallest absolute Gasteiger partial charge is 0.416 e. The third kappa shape index (κ3) is 5.30. The summed E-state index contributed by atoms with van der Waals surface area (Å²) >= 11 is 0. The Hall–Kier alpha value is -3.07. The van der Waals surface area contributed by atoms with Gasteiger partial charge < -0.3 is 19.5 Å². The minimum Gasteiger partial charge on any atom is -0.493 e. The fraction of sp³-hybridized carbons (Fsp3) is 0.417. The number of ether oxygens (including phenoxy) is 3. The number of halogens is 3. The molecule has 9 heteroatoms. The van der Waals surface area contributed by atoms with Gasteiger partial charge in [0, 0.05) is 24.1 Å². The second-order valence-electron chi connectivity index (χ2n) is 8.07. The number of rotatable bonds is 7. The molecule has 0 radical (unpaired) electrons. The highest BCUT2D eigenvalue weighted by molar-refractivity contribution is 5.92. The molecule has 2 atom stereocenters. The number of benzene rings is 2. The van der Waals surface area contributed by atoms with E-state index < -0.39 is 17.8 Å². The van der Waals surface area contributed by atoms with Gasteiger partial charge in [0.2, 0.25) is 0 Å². The van der Waals surface area contributed by atoms with Crippen LogP contribution in [-0.2, 0) is 10.9 Å². The molecule has 1 aliphatic heterocycles. The van der Waals surface area contributed by atoms with Gasteiger partial charge in [0.15, 0.2) is 11.5 Å². The zero-order valence-electron chi connectivity index (χ0n) is 18.7. The molecule has 2 aromatic carbocycles. The van der Waals surface area contributed by atoms with Crippen LogP contribution in [0.2, 0.25) is 0 Å². The van der Waals surface area contributed by atoms with Gasteiger partial charge in [-0.15, -0.1) is 0 Å². The van der Waals surface area contributed by atoms with Crippen molar-refractivity contribution in [1.82, 2.24) is 9.97 Å². The summed E-state index contributed by atoms with van der Waals surface area (Å²) in [5.41, 5.74) is 0.451. The average Bonchev–Trinajstić information content (AvgIpc) is 3.30. The number of fused-ring (bicyclic) bond motifs is 1. The van der Waals surface area contributed by atoms with Crippen LogP contribution in [0, 0.1) is 6.92 Å². The molecule has 33 heavy (non-hydrogen) atoms. The van der Waals surface area contributed by atoms with E-state index in [1.54, 1.807) is 39.2 Å². The van der Waals surface area contributed by atoms with Gasteiger partial charge in [-0.3, -0.25) is 0 Å². The average molecular weight is 461 g/mol. The number of aryl methyl sites for hydroxylation is 1. The van der Waals surface area contributed by atoms with E-state index in [9.17, 15) is 13.2 Å². The van der Waals surface area contributed by atoms with E-state index in [4.69, 9.17) is 14.2 Å². The highest BCUT2D eigenvalue weighted by Crippen LogP contribution is 2.36. The van der Waals surface area contributed by atoms with Gasteiger partial charge in [-0.05, 0) is 50.5 Å². The Kier molecular flexibility index (Phi) is 6.60. The maximum Gasteiger partial charge on any atom is 0.416 e. The molecular weight excluding hydrogens is 435 g/mol. The van der Waals surface area contributed by atoms with E-state index >= 15 is 0 Å². The molecule has 1 aromatic heterocycles. The maximum atomic E-state index is 13.1. The van der Waals surface area contributed by atoms with Gasteiger partial charge in [0.05, 0.1) is 24.3 Å². The number of anilines is 1.